The van der Waals surface area contributed by atoms with E-state index in [0.29, 0.717) is 45.1 Å². The van der Waals surface area contributed by atoms with Gasteiger partial charge < -0.3 is 14.7 Å². The Morgan fingerprint density at radius 2 is 1.75 bits per heavy atom. The molecular weight excluding hydrogens is 409 g/mol. The van der Waals surface area contributed by atoms with Gasteiger partial charge in [0.15, 0.2) is 5.78 Å². The Morgan fingerprint density at radius 3 is 2.41 bits per heavy atom. The van der Waals surface area contributed by atoms with Crippen molar-refractivity contribution in [1.29, 1.82) is 0 Å². The Bertz CT molecular complexity index is 945. The van der Waals surface area contributed by atoms with Gasteiger partial charge in [0.05, 0.1) is 24.9 Å². The highest BCUT2D eigenvalue weighted by Crippen LogP contribution is 2.30. The summed E-state index contributed by atoms with van der Waals surface area (Å²) in [5, 5.41) is 10.3. The second-order valence-electron chi connectivity index (χ2n) is 8.84. The van der Waals surface area contributed by atoms with Crippen molar-refractivity contribution in [3.8, 4) is 0 Å². The number of rotatable bonds is 8. The van der Waals surface area contributed by atoms with Crippen LogP contribution < -0.4 is 0 Å². The Kier molecular flexibility index (Phi) is 7.33. The highest BCUT2D eigenvalue weighted by Gasteiger charge is 2.23. The topological polar surface area (TPSA) is 66.8 Å². The number of carbonyl (C=O) groups is 2. The van der Waals surface area contributed by atoms with Crippen molar-refractivity contribution < 1.29 is 23.8 Å². The molecule has 6 heteroatoms. The number of nitrogens with zero attached hydrogens (tertiary/aromatic N) is 1. The first-order valence-electron chi connectivity index (χ1n) is 11.5. The number of hydrogen-bond acceptors (Lipinski definition) is 4. The molecule has 0 radical (unpaired) electrons. The van der Waals surface area contributed by atoms with Gasteiger partial charge in [0.25, 0.3) is 5.91 Å². The van der Waals surface area contributed by atoms with Gasteiger partial charge in [0.2, 0.25) is 0 Å². The third-order valence-corrected chi connectivity index (χ3v) is 6.56. The zero-order valence-electron chi connectivity index (χ0n) is 18.3. The van der Waals surface area contributed by atoms with Crippen molar-refractivity contribution >= 4 is 11.7 Å². The first kappa shape index (κ1) is 22.6. The van der Waals surface area contributed by atoms with Crippen LogP contribution in [0.4, 0.5) is 4.39 Å². The maximum atomic E-state index is 14.6. The summed E-state index contributed by atoms with van der Waals surface area (Å²) in [5.74, 6) is -0.755. The van der Waals surface area contributed by atoms with Crippen molar-refractivity contribution in [2.75, 3.05) is 26.3 Å². The molecule has 170 valence electrons. The normalized spacial score (nSPS) is 17.2. The van der Waals surface area contributed by atoms with Crippen LogP contribution in [-0.2, 0) is 17.6 Å². The van der Waals surface area contributed by atoms with E-state index in [2.05, 4.69) is 24.3 Å². The quantitative estimate of drug-likeness (QED) is 0.635. The van der Waals surface area contributed by atoms with Crippen LogP contribution in [0.5, 0.6) is 0 Å². The molecule has 5 nitrogen and oxygen atoms in total. The molecule has 1 atom stereocenters. The average molecular weight is 440 g/mol. The minimum Gasteiger partial charge on any atom is -0.393 e. The van der Waals surface area contributed by atoms with E-state index in [1.165, 1.54) is 23.3 Å². The first-order chi connectivity index (χ1) is 15.5. The molecule has 1 heterocycles. The minimum atomic E-state index is -0.688. The number of fused-ring (bicyclic) bond motifs is 1. The molecule has 0 saturated carbocycles. The third kappa shape index (κ3) is 5.43. The molecule has 1 aliphatic carbocycles. The van der Waals surface area contributed by atoms with E-state index in [0.717, 1.165) is 25.3 Å². The van der Waals surface area contributed by atoms with E-state index in [4.69, 9.17) is 4.74 Å². The highest BCUT2D eigenvalue weighted by molar-refractivity contribution is 5.99. The smallest absolute Gasteiger partial charge is 0.254 e. The zero-order valence-corrected chi connectivity index (χ0v) is 18.3. The molecule has 2 aromatic carbocycles. The fraction of sp³-hybridized carbons (Fsp3) is 0.462. The first-order valence-corrected chi connectivity index (χ1v) is 11.5. The molecule has 1 aliphatic heterocycles. The summed E-state index contributed by atoms with van der Waals surface area (Å²) in [6.07, 6.45) is 3.46. The van der Waals surface area contributed by atoms with Crippen molar-refractivity contribution in [3.05, 3.63) is 70.5 Å². The van der Waals surface area contributed by atoms with Crippen molar-refractivity contribution in [3.63, 3.8) is 0 Å². The molecule has 1 saturated heterocycles. The summed E-state index contributed by atoms with van der Waals surface area (Å²) in [5.41, 5.74) is 3.00. The van der Waals surface area contributed by atoms with Crippen LogP contribution >= 0.6 is 0 Å². The number of hydrogen-bond donors (Lipinski definition) is 1. The molecule has 1 fully saturated rings. The maximum Gasteiger partial charge on any atom is 0.254 e. The number of ether oxygens (including phenoxy) is 1. The van der Waals surface area contributed by atoms with Crippen LogP contribution in [0, 0.1) is 11.7 Å². The zero-order chi connectivity index (χ0) is 22.5. The van der Waals surface area contributed by atoms with E-state index in [9.17, 15) is 19.1 Å². The number of aliphatic hydroxyl groups is 1. The number of amides is 1. The summed E-state index contributed by atoms with van der Waals surface area (Å²) in [6, 6.07) is 12.5. The summed E-state index contributed by atoms with van der Waals surface area (Å²) >= 11 is 0. The number of aliphatic hydroxyl groups excluding tert-OH is 1. The second kappa shape index (κ2) is 10.4. The molecule has 0 aromatic heterocycles. The average Bonchev–Trinajstić information content (AvgIpc) is 3.24. The molecule has 0 bridgehead atoms. The molecule has 4 rings (SSSR count). The second-order valence-corrected chi connectivity index (χ2v) is 8.84. The summed E-state index contributed by atoms with van der Waals surface area (Å²) < 4.78 is 19.8. The molecule has 1 N–H and O–H groups in total. The fourth-order valence-electron chi connectivity index (χ4n) is 4.68. The van der Waals surface area contributed by atoms with Gasteiger partial charge in [-0.25, -0.2) is 4.39 Å². The number of halogens is 1. The number of carbonyl (C=O) groups excluding carboxylic acids is 2. The van der Waals surface area contributed by atoms with Crippen LogP contribution in [0.3, 0.4) is 0 Å². The number of benzene rings is 2. The van der Waals surface area contributed by atoms with Crippen LogP contribution in [0.15, 0.2) is 42.5 Å². The van der Waals surface area contributed by atoms with Gasteiger partial charge in [0, 0.05) is 25.1 Å². The van der Waals surface area contributed by atoms with Gasteiger partial charge in [-0.15, -0.1) is 0 Å². The number of Topliss-reactive ketones (excluding diaryl/α,β-unsaturated/α-hetero) is 1. The van der Waals surface area contributed by atoms with Gasteiger partial charge in [0.1, 0.15) is 5.82 Å². The van der Waals surface area contributed by atoms with Gasteiger partial charge >= 0.3 is 0 Å². The van der Waals surface area contributed by atoms with Gasteiger partial charge in [-0.2, -0.15) is 0 Å². The Morgan fingerprint density at radius 1 is 1.06 bits per heavy atom. The molecule has 1 amide bonds. The molecule has 1 unspecified atom stereocenters. The summed E-state index contributed by atoms with van der Waals surface area (Å²) in [4.78, 5) is 26.6. The predicted molar refractivity (Wildman–Crippen MR) is 119 cm³/mol. The van der Waals surface area contributed by atoms with E-state index in [1.807, 2.05) is 0 Å². The Hall–Kier alpha value is -2.57. The van der Waals surface area contributed by atoms with Gasteiger partial charge in [-0.1, -0.05) is 24.3 Å². The monoisotopic (exact) mass is 439 g/mol. The molecule has 2 aliphatic rings. The van der Waals surface area contributed by atoms with Gasteiger partial charge in [-0.05, 0) is 67.3 Å². The molecule has 2 aromatic rings. The van der Waals surface area contributed by atoms with Crippen molar-refractivity contribution in [2.24, 2.45) is 5.92 Å². The molecular formula is C26H30FNO4. The summed E-state index contributed by atoms with van der Waals surface area (Å²) in [7, 11) is 0. The van der Waals surface area contributed by atoms with Crippen LogP contribution in [0.2, 0.25) is 0 Å². The van der Waals surface area contributed by atoms with Crippen molar-refractivity contribution in [1.82, 2.24) is 4.90 Å². The summed E-state index contributed by atoms with van der Waals surface area (Å²) in [6.45, 7) is 1.90. The van der Waals surface area contributed by atoms with Crippen LogP contribution in [-0.4, -0.2) is 54.1 Å². The Balaban J connectivity index is 1.24. The Labute approximate surface area is 188 Å². The predicted octanol–water partition coefficient (Wildman–Crippen LogP) is 3.82. The minimum absolute atomic E-state index is 0.0260. The SMILES string of the molecule is O=C(CCC(O)CCC1Cc2ccccc2C1)c1ccc(C(=O)N2CCOCC2)cc1F. The third-order valence-electron chi connectivity index (χ3n) is 6.56. The standard InChI is InChI=1S/C26H30FNO4/c27-24-17-21(26(31)28-11-13-32-14-12-28)6-9-23(24)25(30)10-8-22(29)7-5-18-15-19-3-1-2-4-20(19)16-18/h1-4,6,9,17-18,22,29H,5,7-8,10-16H2. The molecule has 32 heavy (non-hydrogen) atoms. The van der Waals surface area contributed by atoms with Gasteiger partial charge in [-0.3, -0.25) is 9.59 Å². The lowest BCUT2D eigenvalue weighted by atomic mass is 9.95. The largest absolute Gasteiger partial charge is 0.393 e. The fourth-order valence-corrected chi connectivity index (χ4v) is 4.68. The maximum absolute atomic E-state index is 14.6. The van der Waals surface area contributed by atoms with E-state index >= 15 is 0 Å². The lowest BCUT2D eigenvalue weighted by Gasteiger charge is -2.26. The lowest BCUT2D eigenvalue weighted by Crippen LogP contribution is -2.40. The van der Waals surface area contributed by atoms with Crippen LogP contribution in [0.25, 0.3) is 0 Å². The number of morpholine rings is 1. The van der Waals surface area contributed by atoms with E-state index in [-0.39, 0.29) is 29.2 Å². The highest BCUT2D eigenvalue weighted by atomic mass is 19.1. The van der Waals surface area contributed by atoms with E-state index in [1.54, 1.807) is 4.90 Å². The van der Waals surface area contributed by atoms with Crippen LogP contribution in [0.1, 0.15) is 57.5 Å². The lowest BCUT2D eigenvalue weighted by molar-refractivity contribution is 0.0302. The van der Waals surface area contributed by atoms with Crippen molar-refractivity contribution in [2.45, 2.75) is 44.6 Å². The van der Waals surface area contributed by atoms with E-state index < -0.39 is 11.9 Å². The molecule has 0 spiro atoms. The number of ketones is 1.